The Kier molecular flexibility index (Phi) is 16.7. The molecule has 3 aromatic carbocycles. The van der Waals surface area contributed by atoms with Gasteiger partial charge in [0.2, 0.25) is 0 Å². The van der Waals surface area contributed by atoms with E-state index in [9.17, 15) is 0 Å². The van der Waals surface area contributed by atoms with Crippen LogP contribution in [-0.2, 0) is 0 Å². The Morgan fingerprint density at radius 2 is 1.11 bits per heavy atom. The summed E-state index contributed by atoms with van der Waals surface area (Å²) < 4.78 is 0. The summed E-state index contributed by atoms with van der Waals surface area (Å²) in [6.45, 7) is 3.57. The van der Waals surface area contributed by atoms with Crippen molar-refractivity contribution < 1.29 is 24.0 Å². The van der Waals surface area contributed by atoms with Gasteiger partial charge in [0.15, 0.2) is 0 Å². The predicted molar refractivity (Wildman–Crippen MR) is 177 cm³/mol. The van der Waals surface area contributed by atoms with E-state index < -0.39 is 7.26 Å². The van der Waals surface area contributed by atoms with E-state index in [0.717, 1.165) is 12.0 Å². The van der Waals surface area contributed by atoms with Gasteiger partial charge in [-0.05, 0) is 87.4 Å². The van der Waals surface area contributed by atoms with Crippen molar-refractivity contribution in [3.63, 3.8) is 0 Å². The third-order valence-electron chi connectivity index (χ3n) is 8.33. The quantitative estimate of drug-likeness (QED) is 0.130. The molecule has 0 saturated heterocycles. The van der Waals surface area contributed by atoms with Crippen molar-refractivity contribution in [3.05, 3.63) is 91.0 Å². The highest BCUT2D eigenvalue weighted by Gasteiger charge is 2.44. The molecule has 1 N–H and O–H groups in total. The van der Waals surface area contributed by atoms with Gasteiger partial charge in [-0.3, -0.25) is 0 Å². The number of benzene rings is 3. The van der Waals surface area contributed by atoms with E-state index in [0.29, 0.717) is 0 Å². The largest absolute Gasteiger partial charge is 1.00 e. The normalized spacial score (nSPS) is 14.8. The smallest absolute Gasteiger partial charge is 0.112 e. The first-order valence-electron chi connectivity index (χ1n) is 14.6. The van der Waals surface area contributed by atoms with Crippen LogP contribution < -0.4 is 45.2 Å². The number of rotatable bonds is 14. The molecule has 208 valence electrons. The van der Waals surface area contributed by atoms with Crippen LogP contribution in [0.1, 0.15) is 77.6 Å². The topological polar surface area (TPSA) is 12.0 Å². The molecule has 0 spiro atoms. The fourth-order valence-corrected chi connectivity index (χ4v) is 10.8. The van der Waals surface area contributed by atoms with Gasteiger partial charge in [-0.2, -0.15) is 0 Å². The fraction of sp³-hybridized carbons (Fsp3) is 0.471. The maximum atomic E-state index is 3.92. The summed E-state index contributed by atoms with van der Waals surface area (Å²) >= 11 is 0. The van der Waals surface area contributed by atoms with E-state index in [4.69, 9.17) is 0 Å². The lowest BCUT2D eigenvalue weighted by Gasteiger charge is -2.30. The zero-order valence-electron chi connectivity index (χ0n) is 23.2. The van der Waals surface area contributed by atoms with Crippen LogP contribution in [0.15, 0.2) is 91.0 Å². The Bertz CT molecular complexity index is 880. The summed E-state index contributed by atoms with van der Waals surface area (Å²) in [6.07, 6.45) is 16.4. The van der Waals surface area contributed by atoms with Crippen molar-refractivity contribution in [2.75, 3.05) is 12.7 Å². The molecule has 1 aliphatic rings. The minimum Gasteiger partial charge on any atom is -1.00 e. The van der Waals surface area contributed by atoms with Gasteiger partial charge >= 0.3 is 0 Å². The van der Waals surface area contributed by atoms with Crippen molar-refractivity contribution in [1.29, 1.82) is 0 Å². The number of hydrogen-bond acceptors (Lipinski definition) is 1. The molecule has 1 fully saturated rings. The van der Waals surface area contributed by atoms with Crippen molar-refractivity contribution in [1.82, 2.24) is 5.32 Å². The maximum Gasteiger partial charge on any atom is 0.112 e. The van der Waals surface area contributed by atoms with E-state index in [1.807, 2.05) is 0 Å². The molecule has 1 saturated carbocycles. The Hall–Kier alpha value is -0.490. The van der Waals surface area contributed by atoms with Crippen molar-refractivity contribution >= 4 is 47.2 Å². The molecule has 0 aromatic heterocycles. The van der Waals surface area contributed by atoms with Crippen LogP contribution in [0.25, 0.3) is 0 Å². The molecular weight excluding hydrogens is 707 g/mol. The van der Waals surface area contributed by atoms with E-state index in [-0.39, 0.29) is 48.0 Å². The second-order valence-corrected chi connectivity index (χ2v) is 14.3. The van der Waals surface area contributed by atoms with Crippen LogP contribution in [0.2, 0.25) is 0 Å². The van der Waals surface area contributed by atoms with Crippen LogP contribution >= 0.6 is 31.2 Å². The van der Waals surface area contributed by atoms with Gasteiger partial charge in [-0.1, -0.05) is 93.6 Å². The summed E-state index contributed by atoms with van der Waals surface area (Å²) in [5, 5.41) is 8.47. The van der Waals surface area contributed by atoms with Crippen LogP contribution in [-0.4, -0.2) is 18.7 Å². The highest BCUT2D eigenvalue weighted by Crippen LogP contribution is 2.56. The maximum absolute atomic E-state index is 3.92. The SMILES string of the molecule is CCC(NCCCCCCC[P+](c1ccccc1)(c1ccccc1)c1ccccc1)C1CCCCC1.I.[I-]. The van der Waals surface area contributed by atoms with E-state index in [2.05, 4.69) is 103 Å². The lowest BCUT2D eigenvalue weighted by atomic mass is 9.83. The molecule has 0 aliphatic heterocycles. The Labute approximate surface area is 267 Å². The Balaban J connectivity index is 0.00000253. The highest BCUT2D eigenvalue weighted by molar-refractivity contribution is 14.0. The van der Waals surface area contributed by atoms with Crippen molar-refractivity contribution in [2.24, 2.45) is 5.92 Å². The van der Waals surface area contributed by atoms with Gasteiger partial charge in [0.05, 0.1) is 6.16 Å². The molecule has 1 nitrogen and oxygen atoms in total. The van der Waals surface area contributed by atoms with Gasteiger partial charge in [-0.15, -0.1) is 24.0 Å². The molecule has 1 unspecified atom stereocenters. The van der Waals surface area contributed by atoms with E-state index in [1.165, 1.54) is 99.2 Å². The molecule has 0 amide bonds. The third kappa shape index (κ3) is 9.28. The summed E-state index contributed by atoms with van der Waals surface area (Å²) in [5.41, 5.74) is 0. The second-order valence-electron chi connectivity index (χ2n) is 10.7. The number of unbranched alkanes of at least 4 members (excludes halogenated alkanes) is 4. The highest BCUT2D eigenvalue weighted by atomic mass is 127. The molecule has 0 bridgehead atoms. The number of hydrogen-bond donors (Lipinski definition) is 1. The van der Waals surface area contributed by atoms with Gasteiger partial charge in [-0.25, -0.2) is 0 Å². The Morgan fingerprint density at radius 1 is 0.658 bits per heavy atom. The van der Waals surface area contributed by atoms with Crippen molar-refractivity contribution in [3.8, 4) is 0 Å². The van der Waals surface area contributed by atoms with Crippen molar-refractivity contribution in [2.45, 2.75) is 83.6 Å². The fourth-order valence-electron chi connectivity index (χ4n) is 6.35. The van der Waals surface area contributed by atoms with E-state index >= 15 is 0 Å². The van der Waals surface area contributed by atoms with Crippen LogP contribution in [0.5, 0.6) is 0 Å². The lowest BCUT2D eigenvalue weighted by Crippen LogP contribution is -3.00. The molecule has 0 radical (unpaired) electrons. The molecule has 38 heavy (non-hydrogen) atoms. The summed E-state index contributed by atoms with van der Waals surface area (Å²) in [6, 6.07) is 34.8. The van der Waals surface area contributed by atoms with Gasteiger partial charge in [0.25, 0.3) is 0 Å². The molecule has 3 aromatic rings. The zero-order chi connectivity index (χ0) is 24.9. The van der Waals surface area contributed by atoms with Gasteiger partial charge in [0.1, 0.15) is 23.2 Å². The van der Waals surface area contributed by atoms with Crippen LogP contribution in [0.4, 0.5) is 0 Å². The summed E-state index contributed by atoms with van der Waals surface area (Å²) in [5.74, 6) is 0.926. The Morgan fingerprint density at radius 3 is 1.58 bits per heavy atom. The van der Waals surface area contributed by atoms with E-state index in [1.54, 1.807) is 0 Å². The average molecular weight is 756 g/mol. The second kappa shape index (κ2) is 18.8. The number of halogens is 2. The van der Waals surface area contributed by atoms with Gasteiger partial charge in [0, 0.05) is 6.04 Å². The zero-order valence-corrected chi connectivity index (χ0v) is 28.6. The third-order valence-corrected chi connectivity index (χ3v) is 12.9. The van der Waals surface area contributed by atoms with Crippen LogP contribution in [0.3, 0.4) is 0 Å². The minimum atomic E-state index is -1.66. The molecular formula is C34H48I2NP. The molecule has 4 rings (SSSR count). The molecule has 0 heterocycles. The molecule has 1 aliphatic carbocycles. The first kappa shape index (κ1) is 33.7. The van der Waals surface area contributed by atoms with Gasteiger partial charge < -0.3 is 29.3 Å². The lowest BCUT2D eigenvalue weighted by molar-refractivity contribution is -0.00000743. The minimum absolute atomic E-state index is 0. The predicted octanol–water partition coefficient (Wildman–Crippen LogP) is 5.50. The number of nitrogens with one attached hydrogen (secondary N) is 1. The average Bonchev–Trinajstić information content (AvgIpc) is 2.96. The first-order chi connectivity index (χ1) is 17.8. The van der Waals surface area contributed by atoms with Crippen LogP contribution in [0, 0.1) is 5.92 Å². The monoisotopic (exact) mass is 755 g/mol. The summed E-state index contributed by atoms with van der Waals surface area (Å²) in [4.78, 5) is 0. The molecule has 1 atom stereocenters. The first-order valence-corrected chi connectivity index (χ1v) is 16.6. The standard InChI is InChI=1S/C34H47NP.2HI/c1-2-34(30-20-10-6-11-21-30)35-28-18-4-3-5-19-29-36(31-22-12-7-13-23-31,32-24-14-8-15-25-32)33-26-16-9-17-27-33;;/h7-9,12-17,22-27,30,34-35H,2-6,10-11,18-21,28-29H2,1H3;2*1H/q+1;;/p-1. The molecule has 4 heteroatoms. The summed E-state index contributed by atoms with van der Waals surface area (Å²) in [7, 11) is -1.66.